The third-order valence-corrected chi connectivity index (χ3v) is 5.02. The van der Waals surface area contributed by atoms with Crippen molar-refractivity contribution in [1.82, 2.24) is 5.32 Å². The summed E-state index contributed by atoms with van der Waals surface area (Å²) in [6.45, 7) is 1.00. The number of nitrogens with one attached hydrogen (secondary N) is 1. The van der Waals surface area contributed by atoms with Crippen LogP contribution in [0.2, 0.25) is 0 Å². The van der Waals surface area contributed by atoms with Crippen LogP contribution in [0.15, 0.2) is 18.2 Å². The van der Waals surface area contributed by atoms with E-state index in [0.717, 1.165) is 37.9 Å². The van der Waals surface area contributed by atoms with Crippen molar-refractivity contribution in [3.05, 3.63) is 29.3 Å². The normalized spacial score (nSPS) is 23.3. The lowest BCUT2D eigenvalue weighted by Gasteiger charge is -2.28. The summed E-state index contributed by atoms with van der Waals surface area (Å²) >= 11 is 0. The molecule has 0 spiro atoms. The Balaban J connectivity index is 1.65. The van der Waals surface area contributed by atoms with Crippen LogP contribution in [-0.4, -0.2) is 38.6 Å². The second-order valence-corrected chi connectivity index (χ2v) is 6.57. The van der Waals surface area contributed by atoms with Crippen LogP contribution in [0.25, 0.3) is 0 Å². The highest BCUT2D eigenvalue weighted by Crippen LogP contribution is 2.28. The lowest BCUT2D eigenvalue weighted by atomic mass is 9.85. The van der Waals surface area contributed by atoms with Gasteiger partial charge in [-0.3, -0.25) is 9.59 Å². The number of rotatable bonds is 3. The van der Waals surface area contributed by atoms with Gasteiger partial charge in [-0.2, -0.15) is 0 Å². The number of hydrogen-bond donors (Lipinski definition) is 1. The Hall–Kier alpha value is -2.04. The summed E-state index contributed by atoms with van der Waals surface area (Å²) in [5.74, 6) is -0.308. The predicted molar refractivity (Wildman–Crippen MR) is 88.6 cm³/mol. The highest BCUT2D eigenvalue weighted by Gasteiger charge is 2.29. The van der Waals surface area contributed by atoms with Crippen LogP contribution in [0.3, 0.4) is 0 Å². The quantitative estimate of drug-likeness (QED) is 0.868. The van der Waals surface area contributed by atoms with Crippen LogP contribution < -0.4 is 10.2 Å². The molecule has 1 aromatic carbocycles. The van der Waals surface area contributed by atoms with Crippen LogP contribution in [0.5, 0.6) is 0 Å². The number of benzene rings is 1. The standard InChI is InChI=1S/C18H24N2O3/c1-20-9-8-12-6-7-13(11-16(12)20)17(21)19-15-5-3-4-14(10-15)18(22)23-2/h6-7,11,14-15H,3-5,8-10H2,1-2H3,(H,19,21)/t14-,15-/m1/s1. The van der Waals surface area contributed by atoms with Crippen LogP contribution >= 0.6 is 0 Å². The van der Waals surface area contributed by atoms with Gasteiger partial charge >= 0.3 is 5.97 Å². The summed E-state index contributed by atoms with van der Waals surface area (Å²) in [5, 5.41) is 3.08. The zero-order valence-corrected chi connectivity index (χ0v) is 13.8. The molecular weight excluding hydrogens is 292 g/mol. The Morgan fingerprint density at radius 3 is 2.91 bits per heavy atom. The number of esters is 1. The largest absolute Gasteiger partial charge is 0.469 e. The van der Waals surface area contributed by atoms with E-state index >= 15 is 0 Å². The monoisotopic (exact) mass is 316 g/mol. The fourth-order valence-electron chi connectivity index (χ4n) is 3.65. The smallest absolute Gasteiger partial charge is 0.308 e. The highest BCUT2D eigenvalue weighted by atomic mass is 16.5. The third-order valence-electron chi connectivity index (χ3n) is 5.02. The maximum Gasteiger partial charge on any atom is 0.308 e. The van der Waals surface area contributed by atoms with Crippen molar-refractivity contribution in [3.63, 3.8) is 0 Å². The first-order valence-corrected chi connectivity index (χ1v) is 8.31. The molecule has 0 aromatic heterocycles. The molecule has 3 rings (SSSR count). The van der Waals surface area contributed by atoms with Crippen molar-refractivity contribution < 1.29 is 14.3 Å². The number of carbonyl (C=O) groups is 2. The van der Waals surface area contributed by atoms with Gasteiger partial charge in [0.2, 0.25) is 0 Å². The van der Waals surface area contributed by atoms with Crippen molar-refractivity contribution >= 4 is 17.6 Å². The Labute approximate surface area is 137 Å². The molecule has 1 heterocycles. The van der Waals surface area contributed by atoms with Crippen molar-refractivity contribution in [2.75, 3.05) is 25.6 Å². The molecule has 2 aliphatic rings. The first kappa shape index (κ1) is 15.8. The SMILES string of the molecule is COC(=O)[C@@H]1CCC[C@@H](NC(=O)c2ccc3c(c2)N(C)CC3)C1. The molecule has 1 aromatic rings. The zero-order valence-electron chi connectivity index (χ0n) is 13.8. The lowest BCUT2D eigenvalue weighted by Crippen LogP contribution is -2.40. The number of fused-ring (bicyclic) bond motifs is 1. The van der Waals surface area contributed by atoms with Crippen LogP contribution in [-0.2, 0) is 16.0 Å². The topological polar surface area (TPSA) is 58.6 Å². The summed E-state index contributed by atoms with van der Waals surface area (Å²) in [4.78, 5) is 26.4. The Morgan fingerprint density at radius 2 is 2.13 bits per heavy atom. The van der Waals surface area contributed by atoms with Crippen LogP contribution in [0.1, 0.15) is 41.6 Å². The fourth-order valence-corrected chi connectivity index (χ4v) is 3.65. The van der Waals surface area contributed by atoms with E-state index in [9.17, 15) is 9.59 Å². The molecular formula is C18H24N2O3. The second-order valence-electron chi connectivity index (χ2n) is 6.57. The van der Waals surface area contributed by atoms with E-state index < -0.39 is 0 Å². The summed E-state index contributed by atoms with van der Waals surface area (Å²) in [5.41, 5.74) is 3.14. The van der Waals surface area contributed by atoms with E-state index in [2.05, 4.69) is 17.3 Å². The van der Waals surface area contributed by atoms with E-state index in [-0.39, 0.29) is 23.8 Å². The molecule has 1 saturated carbocycles. The van der Waals surface area contributed by atoms with Crippen molar-refractivity contribution in [3.8, 4) is 0 Å². The van der Waals surface area contributed by atoms with Gasteiger partial charge in [-0.25, -0.2) is 0 Å². The average Bonchev–Trinajstić information content (AvgIpc) is 2.95. The number of methoxy groups -OCH3 is 1. The molecule has 124 valence electrons. The van der Waals surface area contributed by atoms with Gasteiger partial charge in [-0.15, -0.1) is 0 Å². The Bertz CT molecular complexity index is 614. The molecule has 0 radical (unpaired) electrons. The van der Waals surface area contributed by atoms with E-state index in [1.165, 1.54) is 12.7 Å². The number of carbonyl (C=O) groups excluding carboxylic acids is 2. The lowest BCUT2D eigenvalue weighted by molar-refractivity contribution is -0.146. The first-order valence-electron chi connectivity index (χ1n) is 8.31. The molecule has 1 fully saturated rings. The number of amides is 1. The van der Waals surface area contributed by atoms with Gasteiger partial charge in [-0.1, -0.05) is 12.5 Å². The highest BCUT2D eigenvalue weighted by molar-refractivity contribution is 5.95. The first-order chi connectivity index (χ1) is 11.1. The molecule has 2 atom stereocenters. The molecule has 5 heteroatoms. The summed E-state index contributed by atoms with van der Waals surface area (Å²) in [7, 11) is 3.47. The summed E-state index contributed by atoms with van der Waals surface area (Å²) < 4.78 is 4.83. The third kappa shape index (κ3) is 3.33. The maximum atomic E-state index is 12.5. The van der Waals surface area contributed by atoms with Crippen LogP contribution in [0, 0.1) is 5.92 Å². The molecule has 1 N–H and O–H groups in total. The number of anilines is 1. The van der Waals surface area contributed by atoms with E-state index in [1.807, 2.05) is 18.2 Å². The van der Waals surface area contributed by atoms with Gasteiger partial charge in [0.1, 0.15) is 0 Å². The molecule has 5 nitrogen and oxygen atoms in total. The molecule has 1 aliphatic carbocycles. The van der Waals surface area contributed by atoms with E-state index in [0.29, 0.717) is 12.0 Å². The van der Waals surface area contributed by atoms with E-state index in [1.54, 1.807) is 0 Å². The average molecular weight is 316 g/mol. The maximum absolute atomic E-state index is 12.5. The minimum absolute atomic E-state index is 0.0475. The van der Waals surface area contributed by atoms with Gasteiger partial charge in [0.15, 0.2) is 0 Å². The van der Waals surface area contributed by atoms with Gasteiger partial charge < -0.3 is 15.0 Å². The Morgan fingerprint density at radius 1 is 1.30 bits per heavy atom. The number of ether oxygens (including phenoxy) is 1. The summed E-state index contributed by atoms with van der Waals surface area (Å²) in [6.07, 6.45) is 4.42. The van der Waals surface area contributed by atoms with Crippen molar-refractivity contribution in [2.24, 2.45) is 5.92 Å². The Kier molecular flexibility index (Phi) is 4.55. The predicted octanol–water partition coefficient (Wildman–Crippen LogP) is 2.14. The molecule has 1 aliphatic heterocycles. The van der Waals surface area contributed by atoms with Crippen molar-refractivity contribution in [1.29, 1.82) is 0 Å². The van der Waals surface area contributed by atoms with Gasteiger partial charge in [0.25, 0.3) is 5.91 Å². The van der Waals surface area contributed by atoms with Gasteiger partial charge in [0, 0.05) is 30.9 Å². The van der Waals surface area contributed by atoms with E-state index in [4.69, 9.17) is 4.74 Å². The number of likely N-dealkylation sites (N-methyl/N-ethyl adjacent to an activating group) is 1. The molecule has 0 saturated heterocycles. The minimum atomic E-state index is -0.164. The second kappa shape index (κ2) is 6.60. The molecule has 23 heavy (non-hydrogen) atoms. The molecule has 1 amide bonds. The van der Waals surface area contributed by atoms with Gasteiger partial charge in [0.05, 0.1) is 13.0 Å². The molecule has 0 bridgehead atoms. The van der Waals surface area contributed by atoms with Crippen molar-refractivity contribution in [2.45, 2.75) is 38.1 Å². The minimum Gasteiger partial charge on any atom is -0.469 e. The number of nitrogens with zero attached hydrogens (tertiary/aromatic N) is 1. The summed E-state index contributed by atoms with van der Waals surface area (Å²) in [6, 6.07) is 5.96. The zero-order chi connectivity index (χ0) is 16.4. The van der Waals surface area contributed by atoms with Gasteiger partial charge in [-0.05, 0) is 43.4 Å². The number of hydrogen-bond acceptors (Lipinski definition) is 4. The fraction of sp³-hybridized carbons (Fsp3) is 0.556. The van der Waals surface area contributed by atoms with Crippen LogP contribution in [0.4, 0.5) is 5.69 Å². The molecule has 0 unspecified atom stereocenters.